The lowest BCUT2D eigenvalue weighted by Crippen LogP contribution is -2.49. The first-order valence-electron chi connectivity index (χ1n) is 8.49. The summed E-state index contributed by atoms with van der Waals surface area (Å²) >= 11 is 6.11. The lowest BCUT2D eigenvalue weighted by molar-refractivity contribution is -0.129. The van der Waals surface area contributed by atoms with Crippen molar-refractivity contribution in [3.8, 4) is 5.75 Å². The smallest absolute Gasteiger partial charge is 0.261 e. The summed E-state index contributed by atoms with van der Waals surface area (Å²) < 4.78 is 11.2. The van der Waals surface area contributed by atoms with Crippen molar-refractivity contribution in [3.63, 3.8) is 0 Å². The summed E-state index contributed by atoms with van der Waals surface area (Å²) in [4.78, 5) is 12.5. The van der Waals surface area contributed by atoms with Crippen LogP contribution in [0.1, 0.15) is 26.2 Å². The van der Waals surface area contributed by atoms with Crippen LogP contribution in [-0.2, 0) is 9.53 Å². The van der Waals surface area contributed by atoms with Crippen LogP contribution < -0.4 is 15.4 Å². The Morgan fingerprint density at radius 3 is 2.71 bits per heavy atom. The molecule has 5 nitrogen and oxygen atoms in total. The number of methoxy groups -OCH3 is 1. The molecule has 0 bridgehead atoms. The minimum atomic E-state index is -0.550. The zero-order valence-electron chi connectivity index (χ0n) is 14.4. The number of hydrogen-bond acceptors (Lipinski definition) is 4. The van der Waals surface area contributed by atoms with Crippen LogP contribution in [0.2, 0.25) is 5.02 Å². The molecule has 1 aliphatic heterocycles. The molecule has 1 amide bonds. The van der Waals surface area contributed by atoms with E-state index in [1.165, 1.54) is 0 Å². The highest BCUT2D eigenvalue weighted by atomic mass is 35.5. The van der Waals surface area contributed by atoms with Gasteiger partial charge in [0.1, 0.15) is 5.75 Å². The number of para-hydroxylation sites is 1. The van der Waals surface area contributed by atoms with Gasteiger partial charge in [-0.05, 0) is 44.5 Å². The number of amides is 1. The van der Waals surface area contributed by atoms with Gasteiger partial charge in [0.2, 0.25) is 0 Å². The summed E-state index contributed by atoms with van der Waals surface area (Å²) in [6, 6.07) is 7.21. The highest BCUT2D eigenvalue weighted by Crippen LogP contribution is 2.28. The first-order chi connectivity index (χ1) is 11.6. The zero-order chi connectivity index (χ0) is 17.4. The third-order valence-electron chi connectivity index (χ3n) is 4.52. The Morgan fingerprint density at radius 1 is 1.38 bits per heavy atom. The molecule has 0 saturated carbocycles. The summed E-state index contributed by atoms with van der Waals surface area (Å²) in [6.45, 7) is 5.08. The molecule has 0 radical (unpaired) electrons. The number of halogens is 1. The van der Waals surface area contributed by atoms with Crippen molar-refractivity contribution in [2.24, 2.45) is 5.41 Å². The van der Waals surface area contributed by atoms with Crippen molar-refractivity contribution in [2.45, 2.75) is 32.3 Å². The lowest BCUT2D eigenvalue weighted by Gasteiger charge is -2.37. The van der Waals surface area contributed by atoms with Crippen LogP contribution >= 0.6 is 11.6 Å². The van der Waals surface area contributed by atoms with E-state index in [0.29, 0.717) is 30.3 Å². The molecule has 1 saturated heterocycles. The van der Waals surface area contributed by atoms with Gasteiger partial charge in [0.05, 0.1) is 11.6 Å². The van der Waals surface area contributed by atoms with Crippen molar-refractivity contribution < 1.29 is 14.3 Å². The monoisotopic (exact) mass is 354 g/mol. The number of carbonyl (C=O) groups is 1. The van der Waals surface area contributed by atoms with Gasteiger partial charge in [0.25, 0.3) is 5.91 Å². The summed E-state index contributed by atoms with van der Waals surface area (Å²) in [5.41, 5.74) is -0.00164. The molecule has 1 unspecified atom stereocenters. The number of rotatable bonds is 8. The zero-order valence-corrected chi connectivity index (χ0v) is 15.2. The fraction of sp³-hybridized carbons (Fsp3) is 0.611. The first-order valence-corrected chi connectivity index (χ1v) is 8.86. The van der Waals surface area contributed by atoms with E-state index < -0.39 is 6.10 Å². The Balaban J connectivity index is 1.94. The third-order valence-corrected chi connectivity index (χ3v) is 4.83. The Morgan fingerprint density at radius 2 is 2.08 bits per heavy atom. The molecular weight excluding hydrogens is 328 g/mol. The second-order valence-electron chi connectivity index (χ2n) is 6.35. The quantitative estimate of drug-likeness (QED) is 0.753. The Labute approximate surface area is 149 Å². The van der Waals surface area contributed by atoms with E-state index in [4.69, 9.17) is 21.1 Å². The minimum Gasteiger partial charge on any atom is -0.479 e. The molecule has 1 heterocycles. The average Bonchev–Trinajstić information content (AvgIpc) is 2.60. The van der Waals surface area contributed by atoms with Crippen molar-refractivity contribution in [3.05, 3.63) is 29.3 Å². The number of piperidine rings is 1. The Kier molecular flexibility index (Phi) is 7.34. The molecule has 1 fully saturated rings. The van der Waals surface area contributed by atoms with Crippen LogP contribution in [0.4, 0.5) is 0 Å². The number of carbonyl (C=O) groups excluding carboxylic acids is 1. The van der Waals surface area contributed by atoms with Gasteiger partial charge >= 0.3 is 0 Å². The predicted molar refractivity (Wildman–Crippen MR) is 95.6 cm³/mol. The standard InChI is InChI=1S/C18H27ClN2O3/c1-3-15(24-16-7-5-4-6-14(16)19)17(22)21-12-18(13-23-2)8-10-20-11-9-18/h4-7,15,20H,3,8-13H2,1-2H3,(H,21,22). The number of nitrogens with one attached hydrogen (secondary N) is 2. The van der Waals surface area contributed by atoms with Gasteiger partial charge < -0.3 is 20.1 Å². The normalized spacial score (nSPS) is 18.0. The average molecular weight is 355 g/mol. The van der Waals surface area contributed by atoms with Crippen molar-refractivity contribution in [1.29, 1.82) is 0 Å². The van der Waals surface area contributed by atoms with Gasteiger partial charge in [-0.3, -0.25) is 4.79 Å². The molecule has 0 aliphatic carbocycles. The van der Waals surface area contributed by atoms with E-state index in [2.05, 4.69) is 10.6 Å². The van der Waals surface area contributed by atoms with E-state index in [0.717, 1.165) is 25.9 Å². The van der Waals surface area contributed by atoms with E-state index in [-0.39, 0.29) is 11.3 Å². The van der Waals surface area contributed by atoms with Crippen LogP contribution in [0.25, 0.3) is 0 Å². The number of benzene rings is 1. The summed E-state index contributed by atoms with van der Waals surface area (Å²) in [7, 11) is 1.71. The maximum Gasteiger partial charge on any atom is 0.261 e. The van der Waals surface area contributed by atoms with Crippen molar-refractivity contribution in [1.82, 2.24) is 10.6 Å². The molecule has 1 aliphatic rings. The molecule has 0 aromatic heterocycles. The van der Waals surface area contributed by atoms with Gasteiger partial charge in [0.15, 0.2) is 6.10 Å². The van der Waals surface area contributed by atoms with Crippen molar-refractivity contribution in [2.75, 3.05) is 33.4 Å². The van der Waals surface area contributed by atoms with E-state index in [9.17, 15) is 4.79 Å². The first kappa shape index (κ1) is 19.0. The van der Waals surface area contributed by atoms with Gasteiger partial charge in [-0.15, -0.1) is 0 Å². The fourth-order valence-electron chi connectivity index (χ4n) is 3.04. The predicted octanol–water partition coefficient (Wildman–Crippen LogP) is 2.63. The molecule has 2 N–H and O–H groups in total. The maximum atomic E-state index is 12.5. The largest absolute Gasteiger partial charge is 0.479 e. The van der Waals surface area contributed by atoms with Crippen LogP contribution in [0.3, 0.4) is 0 Å². The van der Waals surface area contributed by atoms with Gasteiger partial charge in [-0.2, -0.15) is 0 Å². The molecule has 1 aromatic rings. The molecule has 2 rings (SSSR count). The van der Waals surface area contributed by atoms with Crippen molar-refractivity contribution >= 4 is 17.5 Å². The summed E-state index contributed by atoms with van der Waals surface area (Å²) in [6.07, 6.45) is 2.01. The second-order valence-corrected chi connectivity index (χ2v) is 6.75. The number of ether oxygens (including phenoxy) is 2. The van der Waals surface area contributed by atoms with E-state index >= 15 is 0 Å². The SMILES string of the molecule is CCC(Oc1ccccc1Cl)C(=O)NCC1(COC)CCNCC1. The number of hydrogen-bond donors (Lipinski definition) is 2. The second kappa shape index (κ2) is 9.25. The molecular formula is C18H27ClN2O3. The lowest BCUT2D eigenvalue weighted by atomic mass is 9.79. The topological polar surface area (TPSA) is 59.6 Å². The van der Waals surface area contributed by atoms with E-state index in [1.54, 1.807) is 19.2 Å². The molecule has 24 heavy (non-hydrogen) atoms. The molecule has 134 valence electrons. The third kappa shape index (κ3) is 5.10. The van der Waals surface area contributed by atoms with Crippen LogP contribution in [0.15, 0.2) is 24.3 Å². The van der Waals surface area contributed by atoms with Gasteiger partial charge in [-0.25, -0.2) is 0 Å². The van der Waals surface area contributed by atoms with Crippen LogP contribution in [0.5, 0.6) is 5.75 Å². The highest BCUT2D eigenvalue weighted by Gasteiger charge is 2.33. The minimum absolute atomic E-state index is 0.00164. The van der Waals surface area contributed by atoms with Gasteiger partial charge in [0, 0.05) is 19.1 Å². The Bertz CT molecular complexity index is 527. The van der Waals surface area contributed by atoms with Crippen LogP contribution in [-0.4, -0.2) is 45.4 Å². The molecule has 6 heteroatoms. The summed E-state index contributed by atoms with van der Waals surface area (Å²) in [5.74, 6) is 0.432. The van der Waals surface area contributed by atoms with Gasteiger partial charge in [-0.1, -0.05) is 30.7 Å². The van der Waals surface area contributed by atoms with E-state index in [1.807, 2.05) is 19.1 Å². The Hall–Kier alpha value is -1.30. The molecule has 1 atom stereocenters. The highest BCUT2D eigenvalue weighted by molar-refractivity contribution is 6.32. The molecule has 0 spiro atoms. The fourth-order valence-corrected chi connectivity index (χ4v) is 3.22. The molecule has 1 aromatic carbocycles. The summed E-state index contributed by atoms with van der Waals surface area (Å²) in [5, 5.41) is 6.92. The maximum absolute atomic E-state index is 12.5. The van der Waals surface area contributed by atoms with Crippen LogP contribution in [0, 0.1) is 5.41 Å².